The second-order valence-corrected chi connectivity index (χ2v) is 12.5. The van der Waals surface area contributed by atoms with Crippen molar-refractivity contribution in [1.82, 2.24) is 10.2 Å². The number of likely N-dealkylation sites (tertiary alicyclic amines) is 1. The minimum atomic E-state index is -1.16. The Morgan fingerprint density at radius 1 is 1.02 bits per heavy atom. The summed E-state index contributed by atoms with van der Waals surface area (Å²) in [6, 6.07) is 15.8. The Morgan fingerprint density at radius 3 is 2.28 bits per heavy atom. The largest absolute Gasteiger partial charge is 0.394 e. The normalized spacial score (nSPS) is 28.2. The second kappa shape index (κ2) is 12.3. The molecule has 9 heteroatoms. The van der Waals surface area contributed by atoms with E-state index < -0.39 is 35.1 Å². The van der Waals surface area contributed by atoms with Crippen LogP contribution in [0.1, 0.15) is 59.4 Å². The fraction of sp³-hybridized carbons (Fsp3) is 0.559. The van der Waals surface area contributed by atoms with Crippen LogP contribution in [0.2, 0.25) is 0 Å². The molecule has 3 aliphatic rings. The molecule has 3 amide bonds. The van der Waals surface area contributed by atoms with Gasteiger partial charge >= 0.3 is 0 Å². The molecule has 2 bridgehead atoms. The van der Waals surface area contributed by atoms with Gasteiger partial charge in [-0.3, -0.25) is 14.4 Å². The van der Waals surface area contributed by atoms with Gasteiger partial charge in [0.1, 0.15) is 11.6 Å². The summed E-state index contributed by atoms with van der Waals surface area (Å²) in [5.41, 5.74) is 0.655. The molecule has 2 unspecified atom stereocenters. The third-order valence-corrected chi connectivity index (χ3v) is 10.0. The van der Waals surface area contributed by atoms with Crippen LogP contribution in [0.4, 0.5) is 11.4 Å². The fourth-order valence-corrected chi connectivity index (χ4v) is 7.78. The minimum absolute atomic E-state index is 0.115. The van der Waals surface area contributed by atoms with Gasteiger partial charge in [0, 0.05) is 31.0 Å². The lowest BCUT2D eigenvalue weighted by atomic mass is 9.65. The number of rotatable bonds is 12. The molecular weight excluding hydrogens is 544 g/mol. The molecule has 0 radical (unpaired) electrons. The Morgan fingerprint density at radius 2 is 1.70 bits per heavy atom. The topological polar surface area (TPSA) is 111 Å². The summed E-state index contributed by atoms with van der Waals surface area (Å²) >= 11 is 0. The van der Waals surface area contributed by atoms with Gasteiger partial charge in [-0.1, -0.05) is 51.1 Å². The van der Waals surface area contributed by atoms with Crippen molar-refractivity contribution in [2.75, 3.05) is 29.9 Å². The molecule has 1 spiro atoms. The molecule has 0 aromatic heterocycles. The van der Waals surface area contributed by atoms with E-state index in [9.17, 15) is 19.5 Å². The molecular formula is C34H46N4O5. The van der Waals surface area contributed by atoms with E-state index in [0.717, 1.165) is 24.3 Å². The van der Waals surface area contributed by atoms with E-state index in [1.807, 2.05) is 75.4 Å². The second-order valence-electron chi connectivity index (χ2n) is 12.5. The van der Waals surface area contributed by atoms with E-state index in [2.05, 4.69) is 29.4 Å². The van der Waals surface area contributed by atoms with Crippen molar-refractivity contribution in [3.05, 3.63) is 60.2 Å². The third kappa shape index (κ3) is 5.20. The van der Waals surface area contributed by atoms with Crippen LogP contribution in [0.25, 0.3) is 0 Å². The molecule has 0 saturated carbocycles. The fourth-order valence-electron chi connectivity index (χ4n) is 7.78. The van der Waals surface area contributed by atoms with Crippen molar-refractivity contribution >= 4 is 29.1 Å². The number of carbonyl (C=O) groups is 3. The predicted octanol–water partition coefficient (Wildman–Crippen LogP) is 3.96. The zero-order valence-electron chi connectivity index (χ0n) is 26.0. The Hall–Kier alpha value is -3.43. The van der Waals surface area contributed by atoms with Gasteiger partial charge in [0.2, 0.25) is 17.7 Å². The number of ether oxygens (including phenoxy) is 1. The molecule has 2 aromatic rings. The summed E-state index contributed by atoms with van der Waals surface area (Å²) in [6.45, 7) is 11.8. The van der Waals surface area contributed by atoms with Crippen LogP contribution >= 0.6 is 0 Å². The summed E-state index contributed by atoms with van der Waals surface area (Å²) in [7, 11) is 0. The lowest BCUT2D eigenvalue weighted by Gasteiger charge is -2.38. The van der Waals surface area contributed by atoms with E-state index in [1.165, 1.54) is 4.90 Å². The number of nitrogens with one attached hydrogen (secondary N) is 2. The first-order valence-electron chi connectivity index (χ1n) is 15.8. The van der Waals surface area contributed by atoms with Gasteiger partial charge in [0.05, 0.1) is 30.1 Å². The van der Waals surface area contributed by atoms with Crippen molar-refractivity contribution in [1.29, 1.82) is 0 Å². The van der Waals surface area contributed by atoms with Gasteiger partial charge in [-0.15, -0.1) is 0 Å². The molecule has 43 heavy (non-hydrogen) atoms. The van der Waals surface area contributed by atoms with Crippen molar-refractivity contribution in [2.45, 2.75) is 83.7 Å². The van der Waals surface area contributed by atoms with Crippen LogP contribution in [-0.2, 0) is 25.7 Å². The molecule has 232 valence electrons. The maximum atomic E-state index is 14.4. The summed E-state index contributed by atoms with van der Waals surface area (Å²) in [6.07, 6.45) is 1.63. The van der Waals surface area contributed by atoms with Gasteiger partial charge in [-0.05, 0) is 68.9 Å². The SMILES string of the molecule is CCN(CC)c1ccc(NC(=O)C2N([C@@H](CO)C(C)C)C(=O)[C@@H]3[C@@H](C(=O)NCc4ccccc4)[C@@]4(CC)CCC23O4)cc1. The number of fused-ring (bicyclic) bond motifs is 1. The highest BCUT2D eigenvalue weighted by atomic mass is 16.5. The molecule has 3 saturated heterocycles. The van der Waals surface area contributed by atoms with E-state index in [1.54, 1.807) is 0 Å². The number of benzene rings is 2. The number of hydrogen-bond acceptors (Lipinski definition) is 6. The Kier molecular flexibility index (Phi) is 8.86. The highest BCUT2D eigenvalue weighted by Crippen LogP contribution is 2.64. The Labute approximate surface area is 255 Å². The van der Waals surface area contributed by atoms with Crippen LogP contribution in [-0.4, -0.2) is 70.7 Å². The monoisotopic (exact) mass is 590 g/mol. The van der Waals surface area contributed by atoms with Gasteiger partial charge in [-0.2, -0.15) is 0 Å². The number of anilines is 2. The molecule has 9 nitrogen and oxygen atoms in total. The summed E-state index contributed by atoms with van der Waals surface area (Å²) in [5, 5.41) is 16.6. The standard InChI is InChI=1S/C34H46N4O5/c1-6-33-18-19-34(43-33)28(27(33)30(40)35-20-23-12-10-9-11-13-23)32(42)38(26(21-39)22(4)5)29(34)31(41)36-24-14-16-25(17-15-24)37(7-2)8-3/h9-17,22,26-29,39H,6-8,18-21H2,1-5H3,(H,35,40)(H,36,41)/t26-,27-,28-,29?,33+,34?/m0/s1. The zero-order chi connectivity index (χ0) is 30.9. The number of amides is 3. The van der Waals surface area contributed by atoms with Crippen LogP contribution in [0.15, 0.2) is 54.6 Å². The number of aliphatic hydroxyl groups excluding tert-OH is 1. The first-order chi connectivity index (χ1) is 20.7. The van der Waals surface area contributed by atoms with Crippen LogP contribution in [0.5, 0.6) is 0 Å². The molecule has 2 aromatic carbocycles. The number of carbonyl (C=O) groups excluding carboxylic acids is 3. The van der Waals surface area contributed by atoms with E-state index in [0.29, 0.717) is 31.5 Å². The van der Waals surface area contributed by atoms with Gasteiger partial charge in [0.25, 0.3) is 0 Å². The maximum Gasteiger partial charge on any atom is 0.250 e. The average Bonchev–Trinajstić information content (AvgIpc) is 3.62. The molecule has 3 N–H and O–H groups in total. The third-order valence-electron chi connectivity index (χ3n) is 10.0. The highest BCUT2D eigenvalue weighted by molar-refractivity contribution is 6.04. The average molecular weight is 591 g/mol. The Balaban J connectivity index is 1.49. The molecule has 6 atom stereocenters. The van der Waals surface area contributed by atoms with Gasteiger partial charge in [-0.25, -0.2) is 0 Å². The smallest absolute Gasteiger partial charge is 0.250 e. The molecule has 3 fully saturated rings. The molecule has 0 aliphatic carbocycles. The van der Waals surface area contributed by atoms with Gasteiger partial charge in [0.15, 0.2) is 0 Å². The quantitative estimate of drug-likeness (QED) is 0.345. The van der Waals surface area contributed by atoms with Crippen LogP contribution in [0.3, 0.4) is 0 Å². The van der Waals surface area contributed by atoms with E-state index in [4.69, 9.17) is 4.74 Å². The lowest BCUT2D eigenvalue weighted by Crippen LogP contribution is -2.57. The van der Waals surface area contributed by atoms with Crippen molar-refractivity contribution in [3.8, 4) is 0 Å². The van der Waals surface area contributed by atoms with Crippen LogP contribution in [0, 0.1) is 17.8 Å². The molecule has 3 heterocycles. The van der Waals surface area contributed by atoms with Gasteiger partial charge < -0.3 is 30.3 Å². The van der Waals surface area contributed by atoms with Crippen LogP contribution < -0.4 is 15.5 Å². The maximum absolute atomic E-state index is 14.4. The highest BCUT2D eigenvalue weighted by Gasteiger charge is 2.79. The van der Waals surface area contributed by atoms with Crippen molar-refractivity contribution < 1.29 is 24.2 Å². The van der Waals surface area contributed by atoms with E-state index >= 15 is 0 Å². The number of hydrogen-bond donors (Lipinski definition) is 3. The van der Waals surface area contributed by atoms with E-state index in [-0.39, 0.29) is 30.2 Å². The lowest BCUT2D eigenvalue weighted by molar-refractivity contribution is -0.150. The molecule has 3 aliphatic heterocycles. The first-order valence-corrected chi connectivity index (χ1v) is 15.8. The van der Waals surface area contributed by atoms with Crippen molar-refractivity contribution in [3.63, 3.8) is 0 Å². The van der Waals surface area contributed by atoms with Crippen molar-refractivity contribution in [2.24, 2.45) is 17.8 Å². The summed E-state index contributed by atoms with van der Waals surface area (Å²) < 4.78 is 6.86. The number of nitrogens with zero attached hydrogens (tertiary/aromatic N) is 2. The molecule has 5 rings (SSSR count). The number of aliphatic hydroxyl groups is 1. The summed E-state index contributed by atoms with van der Waals surface area (Å²) in [4.78, 5) is 46.4. The summed E-state index contributed by atoms with van der Waals surface area (Å²) in [5.74, 6) is -2.55. The first kappa shape index (κ1) is 31.0. The predicted molar refractivity (Wildman–Crippen MR) is 166 cm³/mol. The Bertz CT molecular complexity index is 1310. The zero-order valence-corrected chi connectivity index (χ0v) is 26.0. The minimum Gasteiger partial charge on any atom is -0.394 e.